The van der Waals surface area contributed by atoms with Gasteiger partial charge in [-0.2, -0.15) is 0 Å². The van der Waals surface area contributed by atoms with Crippen molar-refractivity contribution in [3.63, 3.8) is 0 Å². The molecule has 45 heavy (non-hydrogen) atoms. The van der Waals surface area contributed by atoms with Crippen LogP contribution in [0.3, 0.4) is 0 Å². The topological polar surface area (TPSA) is 0 Å². The van der Waals surface area contributed by atoms with Gasteiger partial charge in [0.1, 0.15) is 0 Å². The fraction of sp³-hybridized carbons (Fsp3) is 0.0667. The maximum Gasteiger partial charge on any atom is -0.00675 e. The van der Waals surface area contributed by atoms with Crippen molar-refractivity contribution < 1.29 is 0 Å². The summed E-state index contributed by atoms with van der Waals surface area (Å²) in [5.74, 6) is 0. The summed E-state index contributed by atoms with van der Waals surface area (Å²) in [5, 5.41) is 0. The normalized spacial score (nSPS) is 11.8. The van der Waals surface area contributed by atoms with Gasteiger partial charge in [0.2, 0.25) is 0 Å². The summed E-state index contributed by atoms with van der Waals surface area (Å²) in [5.41, 5.74) is 19.8. The van der Waals surface area contributed by atoms with Crippen LogP contribution in [0.5, 0.6) is 0 Å². The van der Waals surface area contributed by atoms with Crippen LogP contribution in [0.15, 0.2) is 146 Å². The highest BCUT2D eigenvalue weighted by Gasteiger charge is 2.22. The molecule has 0 fully saturated rings. The van der Waals surface area contributed by atoms with E-state index in [1.54, 1.807) is 0 Å². The largest absolute Gasteiger partial charge is 0.0905 e. The number of allylic oxidation sites excluding steroid dienone is 1. The van der Waals surface area contributed by atoms with E-state index in [0.717, 1.165) is 11.1 Å². The molecule has 0 heteroatoms. The van der Waals surface area contributed by atoms with Crippen molar-refractivity contribution in [1.29, 1.82) is 0 Å². The molecule has 0 unspecified atom stereocenters. The van der Waals surface area contributed by atoms with Crippen molar-refractivity contribution in [2.24, 2.45) is 0 Å². The Morgan fingerprint density at radius 2 is 1.09 bits per heavy atom. The first-order valence-electron chi connectivity index (χ1n) is 15.7. The van der Waals surface area contributed by atoms with E-state index in [1.165, 1.54) is 77.9 Å². The quantitative estimate of drug-likeness (QED) is 0.185. The maximum atomic E-state index is 4.60. The van der Waals surface area contributed by atoms with E-state index >= 15 is 0 Å². The van der Waals surface area contributed by atoms with Gasteiger partial charge >= 0.3 is 0 Å². The molecule has 0 radical (unpaired) electrons. The molecular formula is C45H36. The van der Waals surface area contributed by atoms with Crippen molar-refractivity contribution in [3.8, 4) is 33.4 Å². The summed E-state index contributed by atoms with van der Waals surface area (Å²) in [6, 6.07) is 48.2. The number of benzene rings is 6. The summed E-state index contributed by atoms with van der Waals surface area (Å²) < 4.78 is 0. The Balaban J connectivity index is 1.18. The number of aryl methyl sites for hydroxylation is 1. The molecule has 216 valence electrons. The highest BCUT2D eigenvalue weighted by atomic mass is 14.3. The molecular weight excluding hydrogens is 540 g/mol. The van der Waals surface area contributed by atoms with Crippen LogP contribution in [0.4, 0.5) is 0 Å². The van der Waals surface area contributed by atoms with Crippen LogP contribution in [0.1, 0.15) is 51.4 Å². The molecule has 1 aliphatic carbocycles. The average molecular weight is 577 g/mol. The molecule has 0 heterocycles. The molecule has 0 atom stereocenters. The van der Waals surface area contributed by atoms with Gasteiger partial charge in [-0.25, -0.2) is 0 Å². The van der Waals surface area contributed by atoms with Crippen LogP contribution in [-0.2, 0) is 0 Å². The third-order valence-electron chi connectivity index (χ3n) is 9.11. The molecule has 0 saturated carbocycles. The zero-order chi connectivity index (χ0) is 30.9. The lowest BCUT2D eigenvalue weighted by Gasteiger charge is -2.19. The minimum Gasteiger partial charge on any atom is -0.0905 e. The highest BCUT2D eigenvalue weighted by molar-refractivity contribution is 6.06. The van der Waals surface area contributed by atoms with Crippen LogP contribution in [0.2, 0.25) is 0 Å². The van der Waals surface area contributed by atoms with Crippen LogP contribution in [-0.4, -0.2) is 0 Å². The minimum absolute atomic E-state index is 1.04. The Morgan fingerprint density at radius 3 is 1.67 bits per heavy atom. The lowest BCUT2D eigenvalue weighted by molar-refractivity contribution is 1.37. The Bertz CT molecular complexity index is 2070. The van der Waals surface area contributed by atoms with E-state index in [-0.39, 0.29) is 0 Å². The van der Waals surface area contributed by atoms with Crippen molar-refractivity contribution in [1.82, 2.24) is 0 Å². The first kappa shape index (κ1) is 28.3. The predicted molar refractivity (Wildman–Crippen MR) is 195 cm³/mol. The van der Waals surface area contributed by atoms with E-state index in [0.29, 0.717) is 0 Å². The third-order valence-corrected chi connectivity index (χ3v) is 9.11. The molecule has 0 spiro atoms. The molecule has 0 nitrogen and oxygen atoms in total. The van der Waals surface area contributed by atoms with E-state index in [1.807, 2.05) is 0 Å². The third kappa shape index (κ3) is 5.19. The fourth-order valence-electron chi connectivity index (χ4n) is 6.70. The van der Waals surface area contributed by atoms with Gasteiger partial charge in [-0.3, -0.25) is 0 Å². The summed E-state index contributed by atoms with van der Waals surface area (Å²) in [7, 11) is 0. The van der Waals surface area contributed by atoms with Gasteiger partial charge in [0, 0.05) is 0 Å². The Morgan fingerprint density at radius 1 is 0.556 bits per heavy atom. The smallest absolute Gasteiger partial charge is 0.00675 e. The van der Waals surface area contributed by atoms with Crippen LogP contribution < -0.4 is 0 Å². The summed E-state index contributed by atoms with van der Waals surface area (Å²) in [6.07, 6.45) is 6.61. The summed E-state index contributed by atoms with van der Waals surface area (Å²) in [6.45, 7) is 11.1. The fourth-order valence-corrected chi connectivity index (χ4v) is 6.70. The maximum absolute atomic E-state index is 4.60. The number of rotatable bonds is 6. The molecule has 0 saturated heterocycles. The van der Waals surface area contributed by atoms with Gasteiger partial charge in [-0.05, 0) is 116 Å². The Labute approximate surface area is 267 Å². The number of hydrogen-bond donors (Lipinski definition) is 0. The van der Waals surface area contributed by atoms with Gasteiger partial charge in [-0.15, -0.1) is 0 Å². The van der Waals surface area contributed by atoms with E-state index in [9.17, 15) is 0 Å². The molecule has 0 aromatic heterocycles. The lowest BCUT2D eigenvalue weighted by Crippen LogP contribution is -1.98. The van der Waals surface area contributed by atoms with Gasteiger partial charge in [0.25, 0.3) is 0 Å². The van der Waals surface area contributed by atoms with Gasteiger partial charge in [0.15, 0.2) is 0 Å². The van der Waals surface area contributed by atoms with E-state index < -0.39 is 0 Å². The average Bonchev–Trinajstić information content (AvgIpc) is 3.39. The van der Waals surface area contributed by atoms with E-state index in [4.69, 9.17) is 0 Å². The molecule has 0 N–H and O–H groups in total. The molecule has 0 aliphatic heterocycles. The van der Waals surface area contributed by atoms with Crippen LogP contribution in [0, 0.1) is 13.8 Å². The first-order chi connectivity index (χ1) is 22.0. The number of fused-ring (bicyclic) bond motifs is 3. The second-order valence-electron chi connectivity index (χ2n) is 11.8. The molecule has 6 aromatic carbocycles. The lowest BCUT2D eigenvalue weighted by atomic mass is 9.85. The second kappa shape index (κ2) is 11.9. The van der Waals surface area contributed by atoms with Crippen molar-refractivity contribution in [3.05, 3.63) is 191 Å². The predicted octanol–water partition coefficient (Wildman–Crippen LogP) is 12.3. The van der Waals surface area contributed by atoms with Gasteiger partial charge in [-0.1, -0.05) is 152 Å². The van der Waals surface area contributed by atoms with Crippen molar-refractivity contribution >= 4 is 23.3 Å². The molecule has 6 aromatic rings. The summed E-state index contributed by atoms with van der Waals surface area (Å²) >= 11 is 0. The minimum atomic E-state index is 1.04. The standard InChI is InChI=1S/C45H36/c1-5-12-34-27-28-39(45(32(34)4)38-14-7-6-13-30(38)2)31(3)35-23-25-37(26-24-35)36-21-19-33(20-22-36)29-44-42-17-10-8-15-40(42)41-16-9-11-18-43(41)44/h5-29H,3H2,1-2,4H3/b12-5-. The second-order valence-corrected chi connectivity index (χ2v) is 11.8. The van der Waals surface area contributed by atoms with Gasteiger partial charge < -0.3 is 0 Å². The van der Waals surface area contributed by atoms with Crippen LogP contribution >= 0.6 is 0 Å². The zero-order valence-corrected chi connectivity index (χ0v) is 26.1. The SMILES string of the molecule is C=C(c1ccc(-c2ccc(C=C3c4ccccc4-c4ccccc43)cc2)cc1)c1ccc(/C=C\C)c(C)c1-c1ccccc1C. The molecule has 0 amide bonds. The number of hydrogen-bond acceptors (Lipinski definition) is 0. The zero-order valence-electron chi connectivity index (χ0n) is 26.1. The van der Waals surface area contributed by atoms with Crippen molar-refractivity contribution in [2.75, 3.05) is 0 Å². The Hall–Kier alpha value is -5.46. The van der Waals surface area contributed by atoms with Crippen molar-refractivity contribution in [2.45, 2.75) is 20.8 Å². The van der Waals surface area contributed by atoms with Crippen LogP contribution in [0.25, 0.3) is 56.7 Å². The summed E-state index contributed by atoms with van der Waals surface area (Å²) in [4.78, 5) is 0. The van der Waals surface area contributed by atoms with E-state index in [2.05, 4.69) is 179 Å². The first-order valence-corrected chi connectivity index (χ1v) is 15.7. The highest BCUT2D eigenvalue weighted by Crippen LogP contribution is 2.45. The Kier molecular flexibility index (Phi) is 7.49. The molecule has 7 rings (SSSR count). The molecule has 1 aliphatic rings. The van der Waals surface area contributed by atoms with Gasteiger partial charge in [0.05, 0.1) is 0 Å². The monoisotopic (exact) mass is 576 g/mol. The molecule has 0 bridgehead atoms.